The maximum Gasteiger partial charge on any atom is 0.319 e. The highest BCUT2D eigenvalue weighted by molar-refractivity contribution is 7.89. The van der Waals surface area contributed by atoms with Gasteiger partial charge in [-0.05, 0) is 29.8 Å². The van der Waals surface area contributed by atoms with Crippen LogP contribution in [0.25, 0.3) is 16.8 Å². The third-order valence-electron chi connectivity index (χ3n) is 4.74. The fraction of sp³-hybridized carbons (Fsp3) is 0.240. The molecular formula is C25H32N4O3S. The predicted octanol–water partition coefficient (Wildman–Crippen LogP) is 4.68. The lowest BCUT2D eigenvalue weighted by Gasteiger charge is -2.17. The molecule has 0 aliphatic carbocycles. The number of rotatable bonds is 8. The molecule has 0 aromatic heterocycles. The topological polar surface area (TPSA) is 90.5 Å². The van der Waals surface area contributed by atoms with E-state index in [1.54, 1.807) is 36.4 Å². The Balaban J connectivity index is 0.00000187. The summed E-state index contributed by atoms with van der Waals surface area (Å²) in [5, 5.41) is 6.84. The molecule has 0 fully saturated rings. The zero-order valence-electron chi connectivity index (χ0n) is 19.6. The lowest BCUT2D eigenvalue weighted by atomic mass is 10.1. The van der Waals surface area contributed by atoms with Gasteiger partial charge in [0.2, 0.25) is 10.0 Å². The third-order valence-corrected chi connectivity index (χ3v) is 6.26. The summed E-state index contributed by atoms with van der Waals surface area (Å²) < 4.78 is 28.3. The first kappa shape index (κ1) is 25.9. The molecule has 3 N–H and O–H groups in total. The Morgan fingerprint density at radius 3 is 2.21 bits per heavy atom. The quantitative estimate of drug-likeness (QED) is 0.419. The smallest absolute Gasteiger partial charge is 0.319 e. The van der Waals surface area contributed by atoms with Crippen LogP contribution in [-0.2, 0) is 10.0 Å². The van der Waals surface area contributed by atoms with E-state index in [0.29, 0.717) is 11.1 Å². The minimum Gasteiger partial charge on any atom is -0.377 e. The largest absolute Gasteiger partial charge is 0.377 e. The Morgan fingerprint density at radius 1 is 0.939 bits per heavy atom. The summed E-state index contributed by atoms with van der Waals surface area (Å²) in [4.78, 5) is 14.2. The van der Waals surface area contributed by atoms with Gasteiger partial charge in [0.25, 0.3) is 0 Å². The fourth-order valence-electron chi connectivity index (χ4n) is 3.21. The molecule has 0 atom stereocenters. The van der Waals surface area contributed by atoms with Crippen LogP contribution in [0.5, 0.6) is 0 Å². The molecule has 33 heavy (non-hydrogen) atoms. The van der Waals surface area contributed by atoms with Crippen LogP contribution in [0.15, 0.2) is 72.1 Å². The fourth-order valence-corrected chi connectivity index (χ4v) is 4.46. The van der Waals surface area contributed by atoms with Crippen molar-refractivity contribution in [1.82, 2.24) is 10.0 Å². The number of amides is 2. The molecule has 0 aliphatic heterocycles. The number of hydrogen-bond donors (Lipinski definition) is 3. The molecule has 0 spiro atoms. The van der Waals surface area contributed by atoms with Crippen LogP contribution in [0.4, 0.5) is 16.2 Å². The molecule has 2 amide bonds. The van der Waals surface area contributed by atoms with Crippen LogP contribution < -0.4 is 20.3 Å². The van der Waals surface area contributed by atoms with Gasteiger partial charge in [0, 0.05) is 49.3 Å². The summed E-state index contributed by atoms with van der Waals surface area (Å²) in [5.74, 6) is 0. The van der Waals surface area contributed by atoms with E-state index >= 15 is 0 Å². The average Bonchev–Trinajstić information content (AvgIpc) is 2.82. The van der Waals surface area contributed by atoms with Crippen molar-refractivity contribution in [2.45, 2.75) is 18.7 Å². The molecule has 0 bridgehead atoms. The molecule has 0 radical (unpaired) electrons. The van der Waals surface area contributed by atoms with Crippen molar-refractivity contribution in [3.63, 3.8) is 0 Å². The number of hydrogen-bond acceptors (Lipinski definition) is 4. The number of benzene rings is 3. The summed E-state index contributed by atoms with van der Waals surface area (Å²) in [7, 11) is 0.0873. The van der Waals surface area contributed by atoms with Gasteiger partial charge in [-0.1, -0.05) is 62.9 Å². The highest BCUT2D eigenvalue weighted by atomic mass is 32.2. The molecule has 3 rings (SSSR count). The van der Waals surface area contributed by atoms with Gasteiger partial charge >= 0.3 is 6.03 Å². The summed E-state index contributed by atoms with van der Waals surface area (Å²) in [6.45, 7) is 7.89. The van der Waals surface area contributed by atoms with Crippen LogP contribution in [0.1, 0.15) is 19.4 Å². The third kappa shape index (κ3) is 6.81. The number of carbonyl (C=O) groups excluding carboxylic acids is 1. The van der Waals surface area contributed by atoms with Crippen LogP contribution in [0.3, 0.4) is 0 Å². The Labute approximate surface area is 196 Å². The van der Waals surface area contributed by atoms with Gasteiger partial charge in [0.05, 0.1) is 4.90 Å². The minimum atomic E-state index is -3.74. The minimum absolute atomic E-state index is 0.0644. The first-order chi connectivity index (χ1) is 15.8. The molecule has 0 saturated carbocycles. The van der Waals surface area contributed by atoms with E-state index in [9.17, 15) is 13.2 Å². The van der Waals surface area contributed by atoms with Crippen molar-refractivity contribution in [2.24, 2.45) is 0 Å². The standard InChI is InChI=1S/C23H26N4O3S.C2H6/c1-4-17-11-13-18(14-12-17)26-23(28)24-15-16-25-31(29,30)22-10-6-7-19-20(22)8-5-9-21(19)27(2)3;1-2/h4-14,25H,1,15-16H2,2-3H3,(H2,24,26,28);1-2H3. The van der Waals surface area contributed by atoms with Crippen molar-refractivity contribution in [1.29, 1.82) is 0 Å². The van der Waals surface area contributed by atoms with Gasteiger partial charge in [-0.3, -0.25) is 0 Å². The number of urea groups is 1. The van der Waals surface area contributed by atoms with E-state index in [0.717, 1.165) is 16.6 Å². The Bertz CT molecular complexity index is 1190. The van der Waals surface area contributed by atoms with Crippen LogP contribution in [0.2, 0.25) is 0 Å². The van der Waals surface area contributed by atoms with Gasteiger partial charge < -0.3 is 15.5 Å². The van der Waals surface area contributed by atoms with E-state index in [1.165, 1.54) is 0 Å². The Hall–Kier alpha value is -3.36. The summed E-state index contributed by atoms with van der Waals surface area (Å²) >= 11 is 0. The van der Waals surface area contributed by atoms with Gasteiger partial charge in [-0.15, -0.1) is 0 Å². The van der Waals surface area contributed by atoms with Gasteiger partial charge in [-0.25, -0.2) is 17.9 Å². The normalized spacial score (nSPS) is 10.7. The number of carbonyl (C=O) groups is 1. The predicted molar refractivity (Wildman–Crippen MR) is 138 cm³/mol. The second-order valence-electron chi connectivity index (χ2n) is 7.13. The number of anilines is 2. The lowest BCUT2D eigenvalue weighted by Crippen LogP contribution is -2.36. The van der Waals surface area contributed by atoms with Crippen molar-refractivity contribution >= 4 is 44.3 Å². The van der Waals surface area contributed by atoms with Gasteiger partial charge in [0.15, 0.2) is 0 Å². The SMILES string of the molecule is C=Cc1ccc(NC(=O)NCCNS(=O)(=O)c2cccc3c(N(C)C)cccc23)cc1.CC. The number of nitrogens with one attached hydrogen (secondary N) is 3. The molecule has 3 aromatic carbocycles. The highest BCUT2D eigenvalue weighted by Crippen LogP contribution is 2.29. The number of nitrogens with zero attached hydrogens (tertiary/aromatic N) is 1. The van der Waals surface area contributed by atoms with E-state index in [4.69, 9.17) is 0 Å². The Kier molecular flexibility index (Phi) is 9.44. The van der Waals surface area contributed by atoms with E-state index in [1.807, 2.05) is 63.2 Å². The van der Waals surface area contributed by atoms with E-state index < -0.39 is 16.1 Å². The van der Waals surface area contributed by atoms with Crippen LogP contribution in [-0.4, -0.2) is 41.6 Å². The van der Waals surface area contributed by atoms with Crippen LogP contribution >= 0.6 is 0 Å². The molecule has 0 aliphatic rings. The zero-order chi connectivity index (χ0) is 24.4. The molecule has 176 valence electrons. The highest BCUT2D eigenvalue weighted by Gasteiger charge is 2.18. The van der Waals surface area contributed by atoms with Crippen molar-refractivity contribution in [3.05, 3.63) is 72.8 Å². The summed E-state index contributed by atoms with van der Waals surface area (Å²) in [6.07, 6.45) is 1.72. The maximum atomic E-state index is 12.9. The number of fused-ring (bicyclic) bond motifs is 1. The van der Waals surface area contributed by atoms with E-state index in [2.05, 4.69) is 21.9 Å². The first-order valence-corrected chi connectivity index (χ1v) is 12.3. The molecular weight excluding hydrogens is 436 g/mol. The molecule has 0 heterocycles. The first-order valence-electron chi connectivity index (χ1n) is 10.8. The summed E-state index contributed by atoms with van der Waals surface area (Å²) in [5.41, 5.74) is 2.52. The van der Waals surface area contributed by atoms with Crippen molar-refractivity contribution in [2.75, 3.05) is 37.4 Å². The van der Waals surface area contributed by atoms with E-state index in [-0.39, 0.29) is 18.0 Å². The monoisotopic (exact) mass is 468 g/mol. The molecule has 0 saturated heterocycles. The molecule has 0 unspecified atom stereocenters. The van der Waals surface area contributed by atoms with Gasteiger partial charge in [-0.2, -0.15) is 0 Å². The maximum absolute atomic E-state index is 12.9. The van der Waals surface area contributed by atoms with Crippen molar-refractivity contribution < 1.29 is 13.2 Å². The average molecular weight is 469 g/mol. The summed E-state index contributed by atoms with van der Waals surface area (Å²) in [6, 6.07) is 17.6. The second kappa shape index (κ2) is 12.0. The molecule has 3 aromatic rings. The molecule has 7 nitrogen and oxygen atoms in total. The lowest BCUT2D eigenvalue weighted by molar-refractivity contribution is 0.252. The van der Waals surface area contributed by atoms with Crippen molar-refractivity contribution in [3.8, 4) is 0 Å². The van der Waals surface area contributed by atoms with Gasteiger partial charge in [0.1, 0.15) is 0 Å². The second-order valence-corrected chi connectivity index (χ2v) is 8.86. The number of sulfonamides is 1. The Morgan fingerprint density at radius 2 is 1.58 bits per heavy atom. The van der Waals surface area contributed by atoms with Crippen LogP contribution in [0, 0.1) is 0 Å². The molecule has 8 heteroatoms. The zero-order valence-corrected chi connectivity index (χ0v) is 20.4.